The van der Waals surface area contributed by atoms with Crippen molar-refractivity contribution in [2.45, 2.75) is 13.5 Å². The fourth-order valence-electron chi connectivity index (χ4n) is 2.55. The number of amides is 3. The maximum Gasteiger partial charge on any atom is 0.324 e. The van der Waals surface area contributed by atoms with E-state index in [0.717, 1.165) is 11.3 Å². The second kappa shape index (κ2) is 8.91. The molecule has 8 heteroatoms. The van der Waals surface area contributed by atoms with Crippen LogP contribution in [0, 0.1) is 0 Å². The number of aliphatic imine (C=N–C) groups is 1. The number of hydrogen-bond donors (Lipinski definition) is 2. The van der Waals surface area contributed by atoms with Crippen LogP contribution >= 0.6 is 0 Å². The van der Waals surface area contributed by atoms with Crippen LogP contribution in [0.25, 0.3) is 0 Å². The molecular weight excluding hydrogens is 322 g/mol. The Bertz CT molecular complexity index is 614. The molecule has 136 valence electrons. The number of rotatable bonds is 7. The van der Waals surface area contributed by atoms with E-state index in [1.165, 1.54) is 4.90 Å². The molecule has 0 saturated carbocycles. The Balaban J connectivity index is 1.83. The Labute approximate surface area is 147 Å². The molecule has 0 spiro atoms. The predicted octanol–water partition coefficient (Wildman–Crippen LogP) is 0.644. The van der Waals surface area contributed by atoms with Crippen molar-refractivity contribution in [3.63, 3.8) is 0 Å². The fourth-order valence-corrected chi connectivity index (χ4v) is 2.55. The second-order valence-corrected chi connectivity index (χ2v) is 5.61. The van der Waals surface area contributed by atoms with E-state index in [1.807, 2.05) is 43.1 Å². The molecular formula is C17H25N5O3. The molecule has 1 aliphatic heterocycles. The fraction of sp³-hybridized carbons (Fsp3) is 0.471. The Morgan fingerprint density at radius 1 is 1.36 bits per heavy atom. The van der Waals surface area contributed by atoms with E-state index in [1.54, 1.807) is 7.05 Å². The molecule has 1 saturated heterocycles. The van der Waals surface area contributed by atoms with Crippen molar-refractivity contribution in [1.29, 1.82) is 0 Å². The third-order valence-corrected chi connectivity index (χ3v) is 3.78. The average molecular weight is 347 g/mol. The summed E-state index contributed by atoms with van der Waals surface area (Å²) < 4.78 is 5.44. The zero-order valence-corrected chi connectivity index (χ0v) is 14.9. The molecule has 0 atom stereocenters. The monoisotopic (exact) mass is 347 g/mol. The number of guanidine groups is 1. The zero-order valence-electron chi connectivity index (χ0n) is 14.9. The molecule has 1 heterocycles. The smallest absolute Gasteiger partial charge is 0.324 e. The van der Waals surface area contributed by atoms with Crippen LogP contribution in [0.15, 0.2) is 29.3 Å². The van der Waals surface area contributed by atoms with Gasteiger partial charge in [0, 0.05) is 33.7 Å². The van der Waals surface area contributed by atoms with Gasteiger partial charge in [0.15, 0.2) is 5.96 Å². The molecule has 2 rings (SSSR count). The summed E-state index contributed by atoms with van der Waals surface area (Å²) in [4.78, 5) is 30.4. The SMILES string of the molecule is CCOc1ccc(CN(C)C(=NC)NCCN2C(=O)CNC2=O)cc1. The van der Waals surface area contributed by atoms with Crippen LogP contribution in [0.1, 0.15) is 12.5 Å². The van der Waals surface area contributed by atoms with Crippen molar-refractivity contribution in [3.05, 3.63) is 29.8 Å². The lowest BCUT2D eigenvalue weighted by Crippen LogP contribution is -2.43. The number of carbonyl (C=O) groups is 2. The van der Waals surface area contributed by atoms with Gasteiger partial charge in [-0.25, -0.2) is 4.79 Å². The molecule has 8 nitrogen and oxygen atoms in total. The van der Waals surface area contributed by atoms with Gasteiger partial charge in [0.05, 0.1) is 13.2 Å². The predicted molar refractivity (Wildman–Crippen MR) is 95.6 cm³/mol. The van der Waals surface area contributed by atoms with Crippen LogP contribution in [0.4, 0.5) is 4.79 Å². The summed E-state index contributed by atoms with van der Waals surface area (Å²) in [6, 6.07) is 7.58. The number of imide groups is 1. The van der Waals surface area contributed by atoms with Crippen LogP contribution in [0.5, 0.6) is 5.75 Å². The summed E-state index contributed by atoms with van der Waals surface area (Å²) >= 11 is 0. The van der Waals surface area contributed by atoms with E-state index >= 15 is 0 Å². The standard InChI is InChI=1S/C17H25N5O3/c1-4-25-14-7-5-13(6-8-14)12-21(3)16(18-2)19-9-10-22-15(23)11-20-17(22)24/h5-8H,4,9-12H2,1-3H3,(H,18,19)(H,20,24). The van der Waals surface area contributed by atoms with Gasteiger partial charge in [-0.1, -0.05) is 12.1 Å². The molecule has 0 radical (unpaired) electrons. The highest BCUT2D eigenvalue weighted by molar-refractivity contribution is 6.01. The van der Waals surface area contributed by atoms with Gasteiger partial charge in [-0.3, -0.25) is 14.7 Å². The number of carbonyl (C=O) groups excluding carboxylic acids is 2. The molecule has 0 aromatic heterocycles. The summed E-state index contributed by atoms with van der Waals surface area (Å²) in [5.41, 5.74) is 1.13. The maximum absolute atomic E-state index is 11.5. The topological polar surface area (TPSA) is 86.3 Å². The number of benzene rings is 1. The van der Waals surface area contributed by atoms with Gasteiger partial charge in [0.1, 0.15) is 5.75 Å². The van der Waals surface area contributed by atoms with E-state index in [9.17, 15) is 9.59 Å². The lowest BCUT2D eigenvalue weighted by Gasteiger charge is -2.23. The third kappa shape index (κ3) is 5.10. The zero-order chi connectivity index (χ0) is 18.2. The Kier molecular flexibility index (Phi) is 6.62. The van der Waals surface area contributed by atoms with E-state index in [2.05, 4.69) is 15.6 Å². The first-order valence-corrected chi connectivity index (χ1v) is 8.27. The first-order chi connectivity index (χ1) is 12.0. The molecule has 1 fully saturated rings. The van der Waals surface area contributed by atoms with Gasteiger partial charge in [-0.05, 0) is 24.6 Å². The minimum Gasteiger partial charge on any atom is -0.494 e. The van der Waals surface area contributed by atoms with E-state index in [-0.39, 0.29) is 18.5 Å². The number of nitrogens with one attached hydrogen (secondary N) is 2. The van der Waals surface area contributed by atoms with Crippen molar-refractivity contribution in [2.75, 3.05) is 40.3 Å². The lowest BCUT2D eigenvalue weighted by molar-refractivity contribution is -0.124. The highest BCUT2D eigenvalue weighted by atomic mass is 16.5. The number of hydrogen-bond acceptors (Lipinski definition) is 4. The van der Waals surface area contributed by atoms with E-state index < -0.39 is 0 Å². The summed E-state index contributed by atoms with van der Waals surface area (Å²) in [7, 11) is 3.63. The molecule has 1 aromatic rings. The first kappa shape index (κ1) is 18.6. The molecule has 0 bridgehead atoms. The molecule has 25 heavy (non-hydrogen) atoms. The minimum atomic E-state index is -0.343. The number of urea groups is 1. The summed E-state index contributed by atoms with van der Waals surface area (Å²) in [5, 5.41) is 5.67. The molecule has 3 amide bonds. The largest absolute Gasteiger partial charge is 0.494 e. The van der Waals surface area contributed by atoms with Crippen molar-refractivity contribution >= 4 is 17.9 Å². The molecule has 1 aliphatic rings. The van der Waals surface area contributed by atoms with Gasteiger partial charge in [0.2, 0.25) is 5.91 Å². The third-order valence-electron chi connectivity index (χ3n) is 3.78. The number of ether oxygens (including phenoxy) is 1. The van der Waals surface area contributed by atoms with Gasteiger partial charge in [-0.15, -0.1) is 0 Å². The van der Waals surface area contributed by atoms with Gasteiger partial charge in [0.25, 0.3) is 0 Å². The molecule has 2 N–H and O–H groups in total. The summed E-state index contributed by atoms with van der Waals surface area (Å²) in [6.45, 7) is 4.10. The quantitative estimate of drug-likeness (QED) is 0.430. The molecule has 0 aliphatic carbocycles. The Hall–Kier alpha value is -2.77. The maximum atomic E-state index is 11.5. The van der Waals surface area contributed by atoms with Crippen molar-refractivity contribution in [2.24, 2.45) is 4.99 Å². The van der Waals surface area contributed by atoms with Crippen LogP contribution < -0.4 is 15.4 Å². The molecule has 1 aromatic carbocycles. The lowest BCUT2D eigenvalue weighted by atomic mass is 10.2. The van der Waals surface area contributed by atoms with Crippen LogP contribution in [0.3, 0.4) is 0 Å². The number of nitrogens with zero attached hydrogens (tertiary/aromatic N) is 3. The summed E-state index contributed by atoms with van der Waals surface area (Å²) in [6.07, 6.45) is 0. The van der Waals surface area contributed by atoms with Crippen molar-refractivity contribution in [1.82, 2.24) is 20.4 Å². The van der Waals surface area contributed by atoms with E-state index in [4.69, 9.17) is 4.74 Å². The highest BCUT2D eigenvalue weighted by Gasteiger charge is 2.27. The normalized spacial score (nSPS) is 14.5. The van der Waals surface area contributed by atoms with Gasteiger partial charge in [-0.2, -0.15) is 0 Å². The van der Waals surface area contributed by atoms with Crippen LogP contribution in [-0.2, 0) is 11.3 Å². The average Bonchev–Trinajstić information content (AvgIpc) is 2.92. The van der Waals surface area contributed by atoms with E-state index in [0.29, 0.717) is 32.2 Å². The first-order valence-electron chi connectivity index (χ1n) is 8.27. The minimum absolute atomic E-state index is 0.0746. The van der Waals surface area contributed by atoms with Crippen molar-refractivity contribution in [3.8, 4) is 5.75 Å². The van der Waals surface area contributed by atoms with Gasteiger partial charge < -0.3 is 20.3 Å². The van der Waals surface area contributed by atoms with Gasteiger partial charge >= 0.3 is 6.03 Å². The van der Waals surface area contributed by atoms with Crippen LogP contribution in [0.2, 0.25) is 0 Å². The Morgan fingerprint density at radius 3 is 2.64 bits per heavy atom. The molecule has 0 unspecified atom stereocenters. The highest BCUT2D eigenvalue weighted by Crippen LogP contribution is 2.13. The second-order valence-electron chi connectivity index (χ2n) is 5.61. The summed E-state index contributed by atoms with van der Waals surface area (Å²) in [5.74, 6) is 1.34. The van der Waals surface area contributed by atoms with Crippen molar-refractivity contribution < 1.29 is 14.3 Å². The van der Waals surface area contributed by atoms with Crippen LogP contribution in [-0.4, -0.2) is 68.0 Å². The Morgan fingerprint density at radius 2 is 2.08 bits per heavy atom.